The average Bonchev–Trinajstić information content (AvgIpc) is 1.85. The van der Waals surface area contributed by atoms with Crippen LogP contribution in [0.5, 0.6) is 0 Å². The minimum absolute atomic E-state index is 0.372. The number of nitrogens with two attached hydrogens (primary N) is 1. The van der Waals surface area contributed by atoms with Gasteiger partial charge in [0.2, 0.25) is 5.91 Å². The van der Waals surface area contributed by atoms with Crippen LogP contribution in [-0.4, -0.2) is 5.91 Å². The molecule has 1 aromatic carbocycles. The van der Waals surface area contributed by atoms with Crippen LogP contribution in [-0.2, 0) is 0 Å². The lowest BCUT2D eigenvalue weighted by atomic mass is 10.1. The minimum Gasteiger partial charge on any atom is -0.366 e. The number of rotatable bonds is 1. The summed E-state index contributed by atoms with van der Waals surface area (Å²) in [5.74, 6) is -0.491. The first-order chi connectivity index (χ1) is 5.11. The second kappa shape index (κ2) is 2.93. The molecule has 11 heavy (non-hydrogen) atoms. The summed E-state index contributed by atoms with van der Waals surface area (Å²) < 4.78 is 0. The molecule has 0 saturated carbocycles. The van der Waals surface area contributed by atoms with Crippen molar-refractivity contribution >= 4 is 17.5 Å². The average molecular weight is 170 g/mol. The van der Waals surface area contributed by atoms with Gasteiger partial charge in [-0.2, -0.15) is 0 Å². The maximum absolute atomic E-state index is 10.7. The Balaban J connectivity index is 3.20. The van der Waals surface area contributed by atoms with Gasteiger partial charge in [0.05, 0.1) is 10.6 Å². The van der Waals surface area contributed by atoms with Crippen LogP contribution in [0.25, 0.3) is 0 Å². The summed E-state index contributed by atoms with van der Waals surface area (Å²) in [7, 11) is 0. The molecule has 2 nitrogen and oxygen atoms in total. The molecule has 2 N–H and O–H groups in total. The number of halogens is 1. The molecule has 0 atom stereocenters. The van der Waals surface area contributed by atoms with Crippen molar-refractivity contribution in [3.8, 4) is 0 Å². The molecule has 0 aliphatic rings. The van der Waals surface area contributed by atoms with Crippen LogP contribution in [0.4, 0.5) is 0 Å². The topological polar surface area (TPSA) is 43.1 Å². The number of aryl methyl sites for hydroxylation is 1. The number of carbonyl (C=O) groups is 1. The van der Waals surface area contributed by atoms with E-state index in [4.69, 9.17) is 17.3 Å². The molecule has 0 aromatic heterocycles. The molecule has 58 valence electrons. The minimum atomic E-state index is -0.491. The maximum atomic E-state index is 10.7. The zero-order valence-electron chi connectivity index (χ0n) is 6.10. The van der Waals surface area contributed by atoms with Gasteiger partial charge in [0.25, 0.3) is 0 Å². The van der Waals surface area contributed by atoms with E-state index in [1.165, 1.54) is 0 Å². The molecule has 1 rings (SSSR count). The summed E-state index contributed by atoms with van der Waals surface area (Å²) in [6.07, 6.45) is 0. The third-order valence-electron chi connectivity index (χ3n) is 1.39. The van der Waals surface area contributed by atoms with Crippen molar-refractivity contribution in [1.82, 2.24) is 0 Å². The molecular weight excluding hydrogens is 162 g/mol. The lowest BCUT2D eigenvalue weighted by Gasteiger charge is -1.99. The second-order valence-corrected chi connectivity index (χ2v) is 2.75. The molecule has 0 spiro atoms. The molecular formula is C8H8ClNO. The van der Waals surface area contributed by atoms with Gasteiger partial charge in [-0.3, -0.25) is 4.79 Å². The van der Waals surface area contributed by atoms with Crippen LogP contribution >= 0.6 is 11.6 Å². The molecule has 1 amide bonds. The molecule has 0 radical (unpaired) electrons. The van der Waals surface area contributed by atoms with E-state index >= 15 is 0 Å². The van der Waals surface area contributed by atoms with Gasteiger partial charge in [0, 0.05) is 0 Å². The van der Waals surface area contributed by atoms with E-state index in [1.807, 2.05) is 6.92 Å². The van der Waals surface area contributed by atoms with Gasteiger partial charge >= 0.3 is 0 Å². The van der Waals surface area contributed by atoms with Crippen LogP contribution in [0.1, 0.15) is 15.9 Å². The van der Waals surface area contributed by atoms with E-state index in [-0.39, 0.29) is 0 Å². The largest absolute Gasteiger partial charge is 0.366 e. The van der Waals surface area contributed by atoms with Gasteiger partial charge < -0.3 is 5.73 Å². The molecule has 1 aromatic rings. The van der Waals surface area contributed by atoms with Crippen molar-refractivity contribution in [1.29, 1.82) is 0 Å². The van der Waals surface area contributed by atoms with Crippen LogP contribution < -0.4 is 5.73 Å². The highest BCUT2D eigenvalue weighted by molar-refractivity contribution is 6.33. The Hall–Kier alpha value is -1.02. The number of carbonyl (C=O) groups excluding carboxylic acids is 1. The van der Waals surface area contributed by atoms with Crippen LogP contribution in [0.2, 0.25) is 5.02 Å². The van der Waals surface area contributed by atoms with Crippen molar-refractivity contribution in [3.63, 3.8) is 0 Å². The predicted octanol–water partition coefficient (Wildman–Crippen LogP) is 1.75. The van der Waals surface area contributed by atoms with E-state index in [2.05, 4.69) is 0 Å². The quantitative estimate of drug-likeness (QED) is 0.684. The Morgan fingerprint density at radius 2 is 2.18 bits per heavy atom. The molecule has 0 saturated heterocycles. The van der Waals surface area contributed by atoms with E-state index in [0.29, 0.717) is 10.6 Å². The SMILES string of the molecule is Cc1ccc(C(N)=O)c(Cl)c1. The van der Waals surface area contributed by atoms with Crippen molar-refractivity contribution in [2.75, 3.05) is 0 Å². The number of hydrogen-bond donors (Lipinski definition) is 1. The van der Waals surface area contributed by atoms with Crippen molar-refractivity contribution < 1.29 is 4.79 Å². The highest BCUT2D eigenvalue weighted by Crippen LogP contribution is 2.16. The fourth-order valence-corrected chi connectivity index (χ4v) is 1.15. The molecule has 0 aliphatic carbocycles. The summed E-state index contributed by atoms with van der Waals surface area (Å²) in [4.78, 5) is 10.7. The van der Waals surface area contributed by atoms with Gasteiger partial charge in [0.1, 0.15) is 0 Å². The van der Waals surface area contributed by atoms with Gasteiger partial charge in [-0.15, -0.1) is 0 Å². The second-order valence-electron chi connectivity index (χ2n) is 2.35. The number of hydrogen-bond acceptors (Lipinski definition) is 1. The van der Waals surface area contributed by atoms with Crippen LogP contribution in [0, 0.1) is 6.92 Å². The zero-order valence-corrected chi connectivity index (χ0v) is 6.85. The first-order valence-corrected chi connectivity index (χ1v) is 3.55. The van der Waals surface area contributed by atoms with E-state index < -0.39 is 5.91 Å². The molecule has 0 unspecified atom stereocenters. The van der Waals surface area contributed by atoms with Gasteiger partial charge in [-0.25, -0.2) is 0 Å². The van der Waals surface area contributed by atoms with Gasteiger partial charge in [-0.1, -0.05) is 17.7 Å². The maximum Gasteiger partial charge on any atom is 0.250 e. The molecule has 0 aliphatic heterocycles. The fraction of sp³-hybridized carbons (Fsp3) is 0.125. The zero-order chi connectivity index (χ0) is 8.43. The van der Waals surface area contributed by atoms with Crippen molar-refractivity contribution in [2.24, 2.45) is 5.73 Å². The Kier molecular flexibility index (Phi) is 2.15. The number of benzene rings is 1. The van der Waals surface area contributed by atoms with Crippen molar-refractivity contribution in [2.45, 2.75) is 6.92 Å². The van der Waals surface area contributed by atoms with Crippen LogP contribution in [0.3, 0.4) is 0 Å². The fourth-order valence-electron chi connectivity index (χ4n) is 0.820. The van der Waals surface area contributed by atoms with E-state index in [1.54, 1.807) is 18.2 Å². The summed E-state index contributed by atoms with van der Waals surface area (Å²) in [6, 6.07) is 5.13. The highest BCUT2D eigenvalue weighted by atomic mass is 35.5. The summed E-state index contributed by atoms with van der Waals surface area (Å²) >= 11 is 5.72. The van der Waals surface area contributed by atoms with E-state index in [9.17, 15) is 4.79 Å². The number of amides is 1. The molecule has 0 heterocycles. The monoisotopic (exact) mass is 169 g/mol. The summed E-state index contributed by atoms with van der Waals surface area (Å²) in [6.45, 7) is 1.90. The first-order valence-electron chi connectivity index (χ1n) is 3.17. The lowest BCUT2D eigenvalue weighted by molar-refractivity contribution is 0.100. The highest BCUT2D eigenvalue weighted by Gasteiger charge is 2.04. The summed E-state index contributed by atoms with van der Waals surface area (Å²) in [5, 5.41) is 0.414. The summed E-state index contributed by atoms with van der Waals surface area (Å²) in [5.41, 5.74) is 6.43. The van der Waals surface area contributed by atoms with Crippen molar-refractivity contribution in [3.05, 3.63) is 34.3 Å². The molecule has 0 bridgehead atoms. The third-order valence-corrected chi connectivity index (χ3v) is 1.70. The first kappa shape index (κ1) is 8.08. The third kappa shape index (κ3) is 1.71. The Morgan fingerprint density at radius 3 is 2.64 bits per heavy atom. The normalized spacial score (nSPS) is 9.64. The number of primary amides is 1. The van der Waals surface area contributed by atoms with E-state index in [0.717, 1.165) is 5.56 Å². The van der Waals surface area contributed by atoms with Crippen LogP contribution in [0.15, 0.2) is 18.2 Å². The Bertz CT molecular complexity index is 296. The standard InChI is InChI=1S/C8H8ClNO/c1-5-2-3-6(8(10)11)7(9)4-5/h2-4H,1H3,(H2,10,11). The predicted molar refractivity (Wildman–Crippen MR) is 44.7 cm³/mol. The molecule has 3 heteroatoms. The Labute approximate surface area is 70.0 Å². The van der Waals surface area contributed by atoms with Gasteiger partial charge in [-0.05, 0) is 24.6 Å². The molecule has 0 fully saturated rings. The lowest BCUT2D eigenvalue weighted by Crippen LogP contribution is -2.11. The Morgan fingerprint density at radius 1 is 1.55 bits per heavy atom. The van der Waals surface area contributed by atoms with Gasteiger partial charge in [0.15, 0.2) is 0 Å². The smallest absolute Gasteiger partial charge is 0.250 e.